The Kier molecular flexibility index (Phi) is 13.1. The van der Waals surface area contributed by atoms with E-state index in [2.05, 4.69) is 21.3 Å². The Hall–Kier alpha value is -4.71. The highest BCUT2D eigenvalue weighted by Crippen LogP contribution is 2.15. The van der Waals surface area contributed by atoms with Gasteiger partial charge in [0, 0.05) is 12.8 Å². The molecular formula is C33H43N5O7. The van der Waals surface area contributed by atoms with E-state index in [9.17, 15) is 29.1 Å². The first-order chi connectivity index (χ1) is 21.4. The van der Waals surface area contributed by atoms with Gasteiger partial charge >= 0.3 is 5.97 Å². The SMILES string of the molecule is CC(C)C[C@H](N)C(=O)N[C@H]1Cc2ccc(cc2)OC/C=C\C[C@@H](C(=O)N[C@@H](C)C(=O)O)NC(=O)[C@H](Cc2ccccc2)NC1=O. The average Bonchev–Trinajstić information content (AvgIpc) is 3.00. The number of nitrogens with one attached hydrogen (secondary N) is 4. The summed E-state index contributed by atoms with van der Waals surface area (Å²) in [5.41, 5.74) is 7.61. The van der Waals surface area contributed by atoms with Crippen LogP contribution >= 0.6 is 0 Å². The fourth-order valence-electron chi connectivity index (χ4n) is 4.72. The van der Waals surface area contributed by atoms with Crippen LogP contribution in [0.5, 0.6) is 5.75 Å². The van der Waals surface area contributed by atoms with Crippen molar-refractivity contribution in [3.05, 3.63) is 77.9 Å². The largest absolute Gasteiger partial charge is 0.490 e. The second-order valence-electron chi connectivity index (χ2n) is 11.5. The van der Waals surface area contributed by atoms with Crippen LogP contribution in [0.15, 0.2) is 66.7 Å². The Morgan fingerprint density at radius 3 is 2.31 bits per heavy atom. The van der Waals surface area contributed by atoms with Gasteiger partial charge in [0.2, 0.25) is 23.6 Å². The minimum atomic E-state index is -1.23. The smallest absolute Gasteiger partial charge is 0.325 e. The average molecular weight is 622 g/mol. The molecule has 2 aromatic rings. The summed E-state index contributed by atoms with van der Waals surface area (Å²) < 4.78 is 5.74. The van der Waals surface area contributed by atoms with Gasteiger partial charge in [-0.3, -0.25) is 24.0 Å². The van der Waals surface area contributed by atoms with Crippen LogP contribution < -0.4 is 31.7 Å². The molecule has 7 N–H and O–H groups in total. The molecule has 0 aliphatic carbocycles. The summed E-state index contributed by atoms with van der Waals surface area (Å²) in [6, 6.07) is 10.7. The number of aliphatic carboxylic acids is 1. The molecule has 2 heterocycles. The molecule has 0 aromatic heterocycles. The van der Waals surface area contributed by atoms with E-state index < -0.39 is 59.8 Å². The van der Waals surface area contributed by atoms with Crippen LogP contribution in [0.3, 0.4) is 0 Å². The topological polar surface area (TPSA) is 189 Å². The highest BCUT2D eigenvalue weighted by molar-refractivity contribution is 5.95. The number of nitrogens with two attached hydrogens (primary N) is 1. The number of hydrogen-bond donors (Lipinski definition) is 6. The minimum Gasteiger partial charge on any atom is -0.490 e. The zero-order valence-corrected chi connectivity index (χ0v) is 25.8. The lowest BCUT2D eigenvalue weighted by Gasteiger charge is -2.26. The molecule has 0 radical (unpaired) electrons. The fourth-order valence-corrected chi connectivity index (χ4v) is 4.72. The summed E-state index contributed by atoms with van der Waals surface area (Å²) in [6.45, 7) is 5.37. The van der Waals surface area contributed by atoms with E-state index in [1.165, 1.54) is 6.92 Å². The van der Waals surface area contributed by atoms with Gasteiger partial charge in [0.15, 0.2) is 0 Å². The molecular weight excluding hydrogens is 578 g/mol. The second kappa shape index (κ2) is 17.0. The molecule has 0 unspecified atom stereocenters. The number of carbonyl (C=O) groups excluding carboxylic acids is 4. The number of carbonyl (C=O) groups is 5. The Morgan fingerprint density at radius 2 is 1.67 bits per heavy atom. The molecule has 12 heteroatoms. The van der Waals surface area contributed by atoms with Gasteiger partial charge < -0.3 is 36.8 Å². The van der Waals surface area contributed by atoms with Gasteiger partial charge in [-0.1, -0.05) is 68.5 Å². The summed E-state index contributed by atoms with van der Waals surface area (Å²) in [5.74, 6) is -2.97. The number of ether oxygens (including phenoxy) is 1. The van der Waals surface area contributed by atoms with Crippen molar-refractivity contribution in [1.29, 1.82) is 0 Å². The molecule has 12 nitrogen and oxygen atoms in total. The Balaban J connectivity index is 1.97. The third-order valence-corrected chi connectivity index (χ3v) is 7.22. The molecule has 0 saturated carbocycles. The van der Waals surface area contributed by atoms with Gasteiger partial charge in [0.05, 0.1) is 6.04 Å². The van der Waals surface area contributed by atoms with E-state index in [1.54, 1.807) is 60.7 Å². The van der Waals surface area contributed by atoms with Gasteiger partial charge in [0.1, 0.15) is 36.5 Å². The normalized spacial score (nSPS) is 21.3. The number of carboxylic acids is 1. The van der Waals surface area contributed by atoms with E-state index in [0.717, 1.165) is 11.1 Å². The van der Waals surface area contributed by atoms with Gasteiger partial charge in [-0.15, -0.1) is 0 Å². The van der Waals surface area contributed by atoms with Crippen molar-refractivity contribution < 1.29 is 33.8 Å². The number of hydrogen-bond acceptors (Lipinski definition) is 7. The van der Waals surface area contributed by atoms with Crippen molar-refractivity contribution in [2.45, 2.75) is 76.7 Å². The van der Waals surface area contributed by atoms with Crippen LogP contribution in [0.2, 0.25) is 0 Å². The molecule has 2 aliphatic rings. The first-order valence-electron chi connectivity index (χ1n) is 15.0. The Morgan fingerprint density at radius 1 is 0.978 bits per heavy atom. The molecule has 4 rings (SSSR count). The van der Waals surface area contributed by atoms with Crippen LogP contribution in [-0.4, -0.2) is 71.5 Å². The van der Waals surface area contributed by atoms with Gasteiger partial charge in [0.25, 0.3) is 0 Å². The zero-order valence-electron chi connectivity index (χ0n) is 25.8. The van der Waals surface area contributed by atoms with Crippen LogP contribution in [0.4, 0.5) is 0 Å². The zero-order chi connectivity index (χ0) is 32.9. The molecule has 2 aliphatic heterocycles. The Labute approximate surface area is 263 Å². The van der Waals surface area contributed by atoms with Gasteiger partial charge in [-0.05, 0) is 48.9 Å². The lowest BCUT2D eigenvalue weighted by molar-refractivity contribution is -0.141. The van der Waals surface area contributed by atoms with Crippen LogP contribution in [0.1, 0.15) is 44.7 Å². The molecule has 2 aromatic carbocycles. The van der Waals surface area contributed by atoms with Crippen LogP contribution in [0, 0.1) is 5.92 Å². The third-order valence-electron chi connectivity index (χ3n) is 7.22. The number of fused-ring (bicyclic) bond motifs is 13. The maximum absolute atomic E-state index is 13.8. The van der Waals surface area contributed by atoms with E-state index in [1.807, 2.05) is 19.9 Å². The van der Waals surface area contributed by atoms with Crippen molar-refractivity contribution in [2.75, 3.05) is 6.61 Å². The third kappa shape index (κ3) is 11.4. The second-order valence-corrected chi connectivity index (χ2v) is 11.5. The standard InChI is InChI=1S/C33H43N5O7/c1-20(2)17-25(34)29(39)37-27-19-23-12-14-24(15-13-23)45-16-8-7-11-26(30(40)35-21(3)33(43)44)36-31(41)28(38-32(27)42)18-22-9-5-4-6-10-22/h4-10,12-15,20-21,25-28H,11,16-19,34H2,1-3H3,(H,35,40)(H,36,41)(H,37,39)(H,38,42)(H,43,44)/b8-7-/t21-,25-,26-,27-,28-/m0/s1. The fraction of sp³-hybridized carbons (Fsp3) is 0.424. The van der Waals surface area contributed by atoms with Crippen LogP contribution in [0.25, 0.3) is 0 Å². The van der Waals surface area contributed by atoms with Crippen LogP contribution in [-0.2, 0) is 36.8 Å². The van der Waals surface area contributed by atoms with Crippen molar-refractivity contribution in [2.24, 2.45) is 11.7 Å². The van der Waals surface area contributed by atoms with Gasteiger partial charge in [-0.25, -0.2) is 0 Å². The maximum atomic E-state index is 13.8. The quantitative estimate of drug-likeness (QED) is 0.225. The van der Waals surface area contributed by atoms with Crippen molar-refractivity contribution >= 4 is 29.6 Å². The molecule has 0 saturated heterocycles. The predicted molar refractivity (Wildman–Crippen MR) is 168 cm³/mol. The molecule has 0 fully saturated rings. The van der Waals surface area contributed by atoms with Crippen molar-refractivity contribution in [1.82, 2.24) is 21.3 Å². The lowest BCUT2D eigenvalue weighted by atomic mass is 10.0. The lowest BCUT2D eigenvalue weighted by Crippen LogP contribution is -2.59. The van der Waals surface area contributed by atoms with Crippen molar-refractivity contribution in [3.8, 4) is 5.75 Å². The highest BCUT2D eigenvalue weighted by atomic mass is 16.5. The number of rotatable bonds is 9. The predicted octanol–water partition coefficient (Wildman–Crippen LogP) is 1.23. The molecule has 0 spiro atoms. The molecule has 2 bridgehead atoms. The monoisotopic (exact) mass is 621 g/mol. The van der Waals surface area contributed by atoms with E-state index in [4.69, 9.17) is 10.5 Å². The van der Waals surface area contributed by atoms with E-state index in [0.29, 0.717) is 12.2 Å². The number of amides is 4. The Bertz CT molecular complexity index is 1350. The highest BCUT2D eigenvalue weighted by Gasteiger charge is 2.31. The first-order valence-corrected chi connectivity index (χ1v) is 15.0. The molecule has 45 heavy (non-hydrogen) atoms. The number of benzene rings is 2. The van der Waals surface area contributed by atoms with Gasteiger partial charge in [-0.2, -0.15) is 0 Å². The molecule has 242 valence electrons. The number of carboxylic acid groups (broad SMARTS) is 1. The summed E-state index contributed by atoms with van der Waals surface area (Å²) in [4.78, 5) is 65.0. The molecule has 5 atom stereocenters. The minimum absolute atomic E-state index is 0.0324. The maximum Gasteiger partial charge on any atom is 0.325 e. The summed E-state index contributed by atoms with van der Waals surface area (Å²) in [6.07, 6.45) is 4.00. The first kappa shape index (κ1) is 34.8. The summed E-state index contributed by atoms with van der Waals surface area (Å²) in [5, 5.41) is 19.9. The molecule has 4 amide bonds. The summed E-state index contributed by atoms with van der Waals surface area (Å²) >= 11 is 0. The van der Waals surface area contributed by atoms with Crippen molar-refractivity contribution in [3.63, 3.8) is 0 Å². The summed E-state index contributed by atoms with van der Waals surface area (Å²) in [7, 11) is 0. The van der Waals surface area contributed by atoms with E-state index >= 15 is 0 Å². The van der Waals surface area contributed by atoms with E-state index in [-0.39, 0.29) is 31.8 Å².